The summed E-state index contributed by atoms with van der Waals surface area (Å²) in [6.07, 6.45) is 3.80. The first kappa shape index (κ1) is 19.1. The fraction of sp³-hybridized carbons (Fsp3) is 0.450. The van der Waals surface area contributed by atoms with Crippen LogP contribution in [0, 0.1) is 5.92 Å². The highest BCUT2D eigenvalue weighted by atomic mass is 16.5. The van der Waals surface area contributed by atoms with E-state index >= 15 is 0 Å². The van der Waals surface area contributed by atoms with E-state index in [1.807, 2.05) is 30.3 Å². The second kappa shape index (κ2) is 8.81. The predicted octanol–water partition coefficient (Wildman–Crippen LogP) is 1.21. The zero-order valence-electron chi connectivity index (χ0n) is 16.1. The molecule has 0 bridgehead atoms. The lowest BCUT2D eigenvalue weighted by Gasteiger charge is -2.22. The van der Waals surface area contributed by atoms with E-state index in [1.165, 1.54) is 0 Å². The number of hydrogen-bond donors (Lipinski definition) is 1. The quantitative estimate of drug-likeness (QED) is 0.791. The van der Waals surface area contributed by atoms with Gasteiger partial charge in [-0.15, -0.1) is 0 Å². The molecule has 0 unspecified atom stereocenters. The molecule has 1 aliphatic heterocycles. The van der Waals surface area contributed by atoms with Gasteiger partial charge < -0.3 is 19.9 Å². The number of anilines is 1. The standard InChI is InChI=1S/C20H27N5O2/c1-24(2)12-16-13-25(20-21-9-6-10-22-20)14-17(16)23-19(26)11-15-7-4-5-8-18(15)27-3/h4-10,16-17H,11-14H2,1-3H3,(H,23,26)/t16-,17-/m1/s1. The van der Waals surface area contributed by atoms with Crippen LogP contribution in [0.25, 0.3) is 0 Å². The highest BCUT2D eigenvalue weighted by molar-refractivity contribution is 5.79. The van der Waals surface area contributed by atoms with Gasteiger partial charge in [-0.25, -0.2) is 9.97 Å². The van der Waals surface area contributed by atoms with Crippen LogP contribution in [0.5, 0.6) is 5.75 Å². The Hall–Kier alpha value is -2.67. The number of methoxy groups -OCH3 is 1. The van der Waals surface area contributed by atoms with Gasteiger partial charge in [0.25, 0.3) is 0 Å². The minimum Gasteiger partial charge on any atom is -0.496 e. The Labute approximate surface area is 160 Å². The van der Waals surface area contributed by atoms with Crippen molar-refractivity contribution in [2.24, 2.45) is 5.92 Å². The molecule has 1 amide bonds. The van der Waals surface area contributed by atoms with E-state index in [1.54, 1.807) is 19.5 Å². The summed E-state index contributed by atoms with van der Waals surface area (Å²) in [5.74, 6) is 1.76. The largest absolute Gasteiger partial charge is 0.496 e. The first-order valence-corrected chi connectivity index (χ1v) is 9.14. The van der Waals surface area contributed by atoms with Crippen molar-refractivity contribution >= 4 is 11.9 Å². The minimum atomic E-state index is 0.00378. The molecule has 1 fully saturated rings. The number of carbonyl (C=O) groups is 1. The number of para-hydroxylation sites is 1. The van der Waals surface area contributed by atoms with Crippen molar-refractivity contribution in [1.29, 1.82) is 0 Å². The topological polar surface area (TPSA) is 70.6 Å². The second-order valence-corrected chi connectivity index (χ2v) is 7.14. The third kappa shape index (κ3) is 4.95. The first-order chi connectivity index (χ1) is 13.1. The van der Waals surface area contributed by atoms with Crippen molar-refractivity contribution in [2.45, 2.75) is 12.5 Å². The maximum Gasteiger partial charge on any atom is 0.225 e. The van der Waals surface area contributed by atoms with Gasteiger partial charge in [0.2, 0.25) is 11.9 Å². The number of carbonyl (C=O) groups excluding carboxylic acids is 1. The molecule has 3 rings (SSSR count). The summed E-state index contributed by atoms with van der Waals surface area (Å²) >= 11 is 0. The lowest BCUT2D eigenvalue weighted by atomic mass is 10.0. The van der Waals surface area contributed by atoms with Crippen LogP contribution in [-0.4, -0.2) is 67.7 Å². The van der Waals surface area contributed by atoms with Crippen molar-refractivity contribution in [3.63, 3.8) is 0 Å². The Morgan fingerprint density at radius 2 is 1.96 bits per heavy atom. The molecule has 7 heteroatoms. The zero-order chi connectivity index (χ0) is 19.2. The van der Waals surface area contributed by atoms with E-state index in [2.05, 4.69) is 39.2 Å². The van der Waals surface area contributed by atoms with Gasteiger partial charge in [-0.1, -0.05) is 18.2 Å². The minimum absolute atomic E-state index is 0.00378. The maximum atomic E-state index is 12.7. The second-order valence-electron chi connectivity index (χ2n) is 7.14. The van der Waals surface area contributed by atoms with Gasteiger partial charge in [-0.3, -0.25) is 4.79 Å². The smallest absolute Gasteiger partial charge is 0.225 e. The van der Waals surface area contributed by atoms with Crippen LogP contribution in [0.2, 0.25) is 0 Å². The number of nitrogens with one attached hydrogen (secondary N) is 1. The number of ether oxygens (including phenoxy) is 1. The lowest BCUT2D eigenvalue weighted by Crippen LogP contribution is -2.44. The van der Waals surface area contributed by atoms with Gasteiger partial charge in [0.15, 0.2) is 0 Å². The summed E-state index contributed by atoms with van der Waals surface area (Å²) in [6, 6.07) is 9.49. The zero-order valence-corrected chi connectivity index (χ0v) is 16.1. The number of benzene rings is 1. The van der Waals surface area contributed by atoms with Crippen LogP contribution in [0.1, 0.15) is 5.56 Å². The molecule has 0 saturated carbocycles. The maximum absolute atomic E-state index is 12.7. The number of hydrogen-bond acceptors (Lipinski definition) is 6. The molecule has 1 aromatic heterocycles. The van der Waals surface area contributed by atoms with E-state index in [0.29, 0.717) is 24.8 Å². The third-order valence-corrected chi connectivity index (χ3v) is 4.77. The van der Waals surface area contributed by atoms with Gasteiger partial charge in [0.1, 0.15) is 5.75 Å². The van der Waals surface area contributed by atoms with Crippen LogP contribution < -0.4 is 15.0 Å². The molecule has 1 aromatic carbocycles. The van der Waals surface area contributed by atoms with Crippen LogP contribution in [0.3, 0.4) is 0 Å². The molecule has 2 atom stereocenters. The predicted molar refractivity (Wildman–Crippen MR) is 105 cm³/mol. The Kier molecular flexibility index (Phi) is 6.24. The number of rotatable bonds is 7. The molecule has 0 aliphatic carbocycles. The molecule has 0 spiro atoms. The molecule has 27 heavy (non-hydrogen) atoms. The van der Waals surface area contributed by atoms with Crippen LogP contribution in [0.4, 0.5) is 5.95 Å². The molecule has 7 nitrogen and oxygen atoms in total. The van der Waals surface area contributed by atoms with Gasteiger partial charge in [-0.2, -0.15) is 0 Å². The third-order valence-electron chi connectivity index (χ3n) is 4.77. The van der Waals surface area contributed by atoms with E-state index in [4.69, 9.17) is 4.74 Å². The van der Waals surface area contributed by atoms with Crippen LogP contribution in [0.15, 0.2) is 42.7 Å². The molecule has 0 radical (unpaired) electrons. The molecule has 1 aliphatic rings. The lowest BCUT2D eigenvalue weighted by molar-refractivity contribution is -0.121. The van der Waals surface area contributed by atoms with Crippen molar-refractivity contribution in [1.82, 2.24) is 20.2 Å². The monoisotopic (exact) mass is 369 g/mol. The van der Waals surface area contributed by atoms with Crippen molar-refractivity contribution < 1.29 is 9.53 Å². The summed E-state index contributed by atoms with van der Waals surface area (Å²) in [5.41, 5.74) is 0.892. The molecular formula is C20H27N5O2. The van der Waals surface area contributed by atoms with Gasteiger partial charge >= 0.3 is 0 Å². The highest BCUT2D eigenvalue weighted by Crippen LogP contribution is 2.22. The molecule has 144 valence electrons. The Morgan fingerprint density at radius 3 is 2.67 bits per heavy atom. The van der Waals surface area contributed by atoms with Gasteiger partial charge in [0, 0.05) is 43.5 Å². The van der Waals surface area contributed by atoms with E-state index in [0.717, 1.165) is 24.4 Å². The number of amides is 1. The highest BCUT2D eigenvalue weighted by Gasteiger charge is 2.35. The van der Waals surface area contributed by atoms with Crippen molar-refractivity contribution in [2.75, 3.05) is 45.7 Å². The normalized spacial score (nSPS) is 19.3. The summed E-state index contributed by atoms with van der Waals surface area (Å²) in [4.78, 5) is 25.7. The Balaban J connectivity index is 1.68. The van der Waals surface area contributed by atoms with E-state index in [-0.39, 0.29) is 11.9 Å². The average Bonchev–Trinajstić information content (AvgIpc) is 3.04. The Bertz CT molecular complexity index is 753. The fourth-order valence-electron chi connectivity index (χ4n) is 3.59. The first-order valence-electron chi connectivity index (χ1n) is 9.14. The number of aromatic nitrogens is 2. The molecule has 2 aromatic rings. The SMILES string of the molecule is COc1ccccc1CC(=O)N[C@@H]1CN(c2ncccn2)C[C@H]1CN(C)C. The van der Waals surface area contributed by atoms with Crippen molar-refractivity contribution in [3.05, 3.63) is 48.3 Å². The van der Waals surface area contributed by atoms with Crippen molar-refractivity contribution in [3.8, 4) is 5.75 Å². The average molecular weight is 369 g/mol. The summed E-state index contributed by atoms with van der Waals surface area (Å²) in [6.45, 7) is 2.42. The molecular weight excluding hydrogens is 342 g/mol. The van der Waals surface area contributed by atoms with Crippen LogP contribution in [-0.2, 0) is 11.2 Å². The van der Waals surface area contributed by atoms with E-state index < -0.39 is 0 Å². The molecule has 1 N–H and O–H groups in total. The fourth-order valence-corrected chi connectivity index (χ4v) is 3.59. The molecule has 1 saturated heterocycles. The van der Waals surface area contributed by atoms with Gasteiger partial charge in [0.05, 0.1) is 19.6 Å². The Morgan fingerprint density at radius 1 is 1.22 bits per heavy atom. The van der Waals surface area contributed by atoms with Crippen LogP contribution >= 0.6 is 0 Å². The van der Waals surface area contributed by atoms with Gasteiger partial charge in [-0.05, 0) is 26.2 Å². The molecule has 2 heterocycles. The number of nitrogens with zero attached hydrogens (tertiary/aromatic N) is 4. The summed E-state index contributed by atoms with van der Waals surface area (Å²) in [5, 5.41) is 3.22. The summed E-state index contributed by atoms with van der Waals surface area (Å²) in [7, 11) is 5.73. The van der Waals surface area contributed by atoms with E-state index in [9.17, 15) is 4.79 Å². The summed E-state index contributed by atoms with van der Waals surface area (Å²) < 4.78 is 5.35.